The Morgan fingerprint density at radius 1 is 1.35 bits per heavy atom. The summed E-state index contributed by atoms with van der Waals surface area (Å²) in [5, 5.41) is 0. The van der Waals surface area contributed by atoms with Crippen molar-refractivity contribution in [3.8, 4) is 0 Å². The van der Waals surface area contributed by atoms with E-state index in [4.69, 9.17) is 11.6 Å². The predicted molar refractivity (Wildman–Crippen MR) is 73.2 cm³/mol. The molecule has 1 unspecified atom stereocenters. The monoisotopic (exact) mass is 323 g/mol. The van der Waals surface area contributed by atoms with Crippen molar-refractivity contribution in [2.75, 3.05) is 19.0 Å². The Hall–Kier alpha value is -0.720. The largest absolute Gasteiger partial charge is 0.245 e. The van der Waals surface area contributed by atoms with Crippen molar-refractivity contribution in [2.45, 2.75) is 24.2 Å². The van der Waals surface area contributed by atoms with Crippen LogP contribution in [0, 0.1) is 17.6 Å². The van der Waals surface area contributed by atoms with Gasteiger partial charge in [-0.25, -0.2) is 17.2 Å². The fraction of sp³-hybridized carbons (Fsp3) is 0.538. The van der Waals surface area contributed by atoms with Gasteiger partial charge in [0.15, 0.2) is 0 Å². The SMILES string of the molecule is O=S(=O)(c1ccc(F)cc1F)N1CCCC(CCCl)C1. The molecule has 0 aromatic heterocycles. The molecule has 1 aromatic rings. The van der Waals surface area contributed by atoms with Gasteiger partial charge < -0.3 is 0 Å². The molecule has 1 saturated heterocycles. The van der Waals surface area contributed by atoms with Crippen molar-refractivity contribution in [2.24, 2.45) is 5.92 Å². The van der Waals surface area contributed by atoms with Crippen LogP contribution in [0.2, 0.25) is 0 Å². The van der Waals surface area contributed by atoms with Gasteiger partial charge in [-0.2, -0.15) is 4.31 Å². The van der Waals surface area contributed by atoms with Gasteiger partial charge in [-0.15, -0.1) is 11.6 Å². The van der Waals surface area contributed by atoms with Crippen LogP contribution in [0.4, 0.5) is 8.78 Å². The molecule has 1 aromatic carbocycles. The fourth-order valence-corrected chi connectivity index (χ4v) is 4.37. The third-order valence-corrected chi connectivity index (χ3v) is 5.63. The summed E-state index contributed by atoms with van der Waals surface area (Å²) in [6.45, 7) is 0.698. The number of alkyl halides is 1. The first kappa shape index (κ1) is 15.7. The molecule has 0 saturated carbocycles. The van der Waals surface area contributed by atoms with E-state index in [-0.39, 0.29) is 5.92 Å². The molecule has 1 aliphatic rings. The number of hydrogen-bond acceptors (Lipinski definition) is 2. The van der Waals surface area contributed by atoms with Crippen LogP contribution in [0.1, 0.15) is 19.3 Å². The highest BCUT2D eigenvalue weighted by Gasteiger charge is 2.31. The number of rotatable bonds is 4. The van der Waals surface area contributed by atoms with Crippen molar-refractivity contribution in [1.29, 1.82) is 0 Å². The van der Waals surface area contributed by atoms with E-state index in [0.717, 1.165) is 31.4 Å². The summed E-state index contributed by atoms with van der Waals surface area (Å²) < 4.78 is 52.6. The van der Waals surface area contributed by atoms with Gasteiger partial charge in [0, 0.05) is 25.0 Å². The Morgan fingerprint density at radius 3 is 2.75 bits per heavy atom. The molecule has 112 valence electrons. The molecule has 20 heavy (non-hydrogen) atoms. The summed E-state index contributed by atoms with van der Waals surface area (Å²) in [7, 11) is -3.91. The molecule has 1 heterocycles. The maximum atomic E-state index is 13.7. The van der Waals surface area contributed by atoms with E-state index in [2.05, 4.69) is 0 Å². The number of nitrogens with zero attached hydrogens (tertiary/aromatic N) is 1. The molecule has 3 nitrogen and oxygen atoms in total. The molecule has 0 amide bonds. The zero-order valence-electron chi connectivity index (χ0n) is 10.9. The molecular weight excluding hydrogens is 308 g/mol. The van der Waals surface area contributed by atoms with Crippen molar-refractivity contribution in [1.82, 2.24) is 4.31 Å². The Morgan fingerprint density at radius 2 is 2.10 bits per heavy atom. The van der Waals surface area contributed by atoms with Gasteiger partial charge in [-0.3, -0.25) is 0 Å². The molecule has 1 fully saturated rings. The van der Waals surface area contributed by atoms with Crippen LogP contribution in [0.25, 0.3) is 0 Å². The molecule has 2 rings (SSSR count). The van der Waals surface area contributed by atoms with Crippen LogP contribution in [0.15, 0.2) is 23.1 Å². The first-order chi connectivity index (χ1) is 9.45. The Kier molecular flexibility index (Phi) is 4.99. The molecule has 1 atom stereocenters. The van der Waals surface area contributed by atoms with Gasteiger partial charge in [0.2, 0.25) is 10.0 Å². The maximum Gasteiger partial charge on any atom is 0.245 e. The highest BCUT2D eigenvalue weighted by molar-refractivity contribution is 7.89. The minimum Gasteiger partial charge on any atom is -0.207 e. The van der Waals surface area contributed by atoms with Crippen LogP contribution in [0.5, 0.6) is 0 Å². The number of sulfonamides is 1. The minimum atomic E-state index is -3.91. The lowest BCUT2D eigenvalue weighted by Gasteiger charge is -2.31. The van der Waals surface area contributed by atoms with Gasteiger partial charge in [0.1, 0.15) is 16.5 Å². The Balaban J connectivity index is 2.25. The van der Waals surface area contributed by atoms with Crippen molar-refractivity contribution in [3.05, 3.63) is 29.8 Å². The first-order valence-corrected chi connectivity index (χ1v) is 8.44. The van der Waals surface area contributed by atoms with E-state index in [1.165, 1.54) is 4.31 Å². The standard InChI is InChI=1S/C13H16ClF2NO2S/c14-6-5-10-2-1-7-17(9-10)20(18,19)13-4-3-11(15)8-12(13)16/h3-4,8,10H,1-2,5-7,9H2. The number of piperidine rings is 1. The summed E-state index contributed by atoms with van der Waals surface area (Å²) in [4.78, 5) is -0.467. The molecule has 0 radical (unpaired) electrons. The van der Waals surface area contributed by atoms with E-state index in [1.807, 2.05) is 0 Å². The van der Waals surface area contributed by atoms with Gasteiger partial charge in [-0.1, -0.05) is 0 Å². The zero-order chi connectivity index (χ0) is 14.8. The lowest BCUT2D eigenvalue weighted by atomic mass is 9.97. The molecule has 0 N–H and O–H groups in total. The smallest absolute Gasteiger partial charge is 0.207 e. The second-order valence-electron chi connectivity index (χ2n) is 4.92. The highest BCUT2D eigenvalue weighted by atomic mass is 35.5. The second kappa shape index (κ2) is 6.37. The average Bonchev–Trinajstić information content (AvgIpc) is 2.39. The lowest BCUT2D eigenvalue weighted by molar-refractivity contribution is 0.261. The van der Waals surface area contributed by atoms with Crippen LogP contribution < -0.4 is 0 Å². The van der Waals surface area contributed by atoms with E-state index < -0.39 is 26.6 Å². The van der Waals surface area contributed by atoms with E-state index in [0.29, 0.717) is 25.0 Å². The molecule has 1 aliphatic heterocycles. The first-order valence-electron chi connectivity index (χ1n) is 6.46. The molecule has 0 aliphatic carbocycles. The van der Waals surface area contributed by atoms with Gasteiger partial charge in [-0.05, 0) is 37.3 Å². The second-order valence-corrected chi connectivity index (χ2v) is 7.21. The molecule has 0 spiro atoms. The Bertz CT molecular complexity index is 578. The number of hydrogen-bond donors (Lipinski definition) is 0. The summed E-state index contributed by atoms with van der Waals surface area (Å²) in [5.74, 6) is -1.17. The zero-order valence-corrected chi connectivity index (χ0v) is 12.4. The summed E-state index contributed by atoms with van der Waals surface area (Å²) in [6, 6.07) is 2.52. The van der Waals surface area contributed by atoms with Crippen LogP contribution in [0.3, 0.4) is 0 Å². The number of halogens is 3. The Labute approximate surface area is 122 Å². The summed E-state index contributed by atoms with van der Waals surface area (Å²) in [5.41, 5.74) is 0. The van der Waals surface area contributed by atoms with Crippen LogP contribution >= 0.6 is 11.6 Å². The summed E-state index contributed by atoms with van der Waals surface area (Å²) in [6.07, 6.45) is 2.38. The quantitative estimate of drug-likeness (QED) is 0.799. The van der Waals surface area contributed by atoms with Crippen LogP contribution in [-0.4, -0.2) is 31.7 Å². The average molecular weight is 324 g/mol. The van der Waals surface area contributed by atoms with Gasteiger partial charge >= 0.3 is 0 Å². The number of benzene rings is 1. The topological polar surface area (TPSA) is 37.4 Å². The van der Waals surface area contributed by atoms with Crippen molar-refractivity contribution < 1.29 is 17.2 Å². The van der Waals surface area contributed by atoms with Crippen molar-refractivity contribution in [3.63, 3.8) is 0 Å². The maximum absolute atomic E-state index is 13.7. The van der Waals surface area contributed by atoms with Crippen LogP contribution in [-0.2, 0) is 10.0 Å². The van der Waals surface area contributed by atoms with E-state index >= 15 is 0 Å². The predicted octanol–water partition coefficient (Wildman–Crippen LogP) is 2.99. The third kappa shape index (κ3) is 3.30. The fourth-order valence-electron chi connectivity index (χ4n) is 2.46. The van der Waals surface area contributed by atoms with Crippen molar-refractivity contribution >= 4 is 21.6 Å². The third-order valence-electron chi connectivity index (χ3n) is 3.51. The molecule has 7 heteroatoms. The van der Waals surface area contributed by atoms with Gasteiger partial charge in [0.05, 0.1) is 0 Å². The summed E-state index contributed by atoms with van der Waals surface area (Å²) >= 11 is 5.69. The molecular formula is C13H16ClF2NO2S. The lowest BCUT2D eigenvalue weighted by Crippen LogP contribution is -2.40. The minimum absolute atomic E-state index is 0.194. The molecule has 0 bridgehead atoms. The highest BCUT2D eigenvalue weighted by Crippen LogP contribution is 2.27. The van der Waals surface area contributed by atoms with E-state index in [9.17, 15) is 17.2 Å². The van der Waals surface area contributed by atoms with Gasteiger partial charge in [0.25, 0.3) is 0 Å². The normalized spacial score (nSPS) is 21.1. The van der Waals surface area contributed by atoms with E-state index in [1.54, 1.807) is 0 Å².